The number of nitrogens with two attached hydrogens (primary N) is 1. The molecule has 5 nitrogen and oxygen atoms in total. The van der Waals surface area contributed by atoms with E-state index in [4.69, 9.17) is 5.73 Å². The monoisotopic (exact) mass is 209 g/mol. The fourth-order valence-electron chi connectivity index (χ4n) is 1.19. The molecule has 15 heavy (non-hydrogen) atoms. The van der Waals surface area contributed by atoms with Crippen LogP contribution in [0.4, 0.5) is 5.95 Å². The van der Waals surface area contributed by atoms with Gasteiger partial charge in [0.2, 0.25) is 5.95 Å². The van der Waals surface area contributed by atoms with Crippen molar-refractivity contribution in [3.05, 3.63) is 18.0 Å². The molecule has 1 heterocycles. The Balaban J connectivity index is 2.30. The standard InChI is InChI=1S/C10H19N5/c1-15(2)7-3-5-12-10-13-6-4-9(8-11)14-10/h4,6H,3,5,7-8,11H2,1-2H3,(H,12,13,14). The van der Waals surface area contributed by atoms with Gasteiger partial charge in [-0.3, -0.25) is 0 Å². The summed E-state index contributed by atoms with van der Waals surface area (Å²) >= 11 is 0. The molecule has 0 spiro atoms. The topological polar surface area (TPSA) is 67.1 Å². The molecule has 0 saturated carbocycles. The molecular formula is C10H19N5. The number of aromatic nitrogens is 2. The Bertz CT molecular complexity index is 287. The number of hydrogen-bond donors (Lipinski definition) is 2. The fraction of sp³-hybridized carbons (Fsp3) is 0.600. The Morgan fingerprint density at radius 2 is 2.27 bits per heavy atom. The van der Waals surface area contributed by atoms with Gasteiger partial charge in [-0.25, -0.2) is 9.97 Å². The Labute approximate surface area is 90.7 Å². The molecule has 3 N–H and O–H groups in total. The zero-order valence-electron chi connectivity index (χ0n) is 9.40. The van der Waals surface area contributed by atoms with E-state index in [-0.39, 0.29) is 0 Å². The van der Waals surface area contributed by atoms with Gasteiger partial charge in [0.15, 0.2) is 0 Å². The molecule has 0 aliphatic rings. The summed E-state index contributed by atoms with van der Waals surface area (Å²) in [5.41, 5.74) is 6.35. The number of nitrogens with one attached hydrogen (secondary N) is 1. The summed E-state index contributed by atoms with van der Waals surface area (Å²) < 4.78 is 0. The van der Waals surface area contributed by atoms with E-state index in [0.717, 1.165) is 25.2 Å². The van der Waals surface area contributed by atoms with Crippen molar-refractivity contribution in [3.8, 4) is 0 Å². The van der Waals surface area contributed by atoms with Crippen LogP contribution in [0.5, 0.6) is 0 Å². The minimum absolute atomic E-state index is 0.453. The highest BCUT2D eigenvalue weighted by Gasteiger charge is 1.97. The van der Waals surface area contributed by atoms with Gasteiger partial charge in [0, 0.05) is 19.3 Å². The van der Waals surface area contributed by atoms with Crippen molar-refractivity contribution in [1.29, 1.82) is 0 Å². The van der Waals surface area contributed by atoms with Crippen molar-refractivity contribution in [2.24, 2.45) is 5.73 Å². The van der Waals surface area contributed by atoms with Crippen LogP contribution in [0.15, 0.2) is 12.3 Å². The summed E-state index contributed by atoms with van der Waals surface area (Å²) in [5, 5.41) is 3.17. The lowest BCUT2D eigenvalue weighted by atomic mass is 10.4. The Hall–Kier alpha value is -1.20. The zero-order valence-corrected chi connectivity index (χ0v) is 9.40. The van der Waals surface area contributed by atoms with Crippen LogP contribution in [0.2, 0.25) is 0 Å². The normalized spacial score (nSPS) is 10.7. The average molecular weight is 209 g/mol. The lowest BCUT2D eigenvalue weighted by Crippen LogP contribution is -2.17. The third kappa shape index (κ3) is 4.71. The van der Waals surface area contributed by atoms with Crippen LogP contribution in [-0.2, 0) is 6.54 Å². The third-order valence-corrected chi connectivity index (χ3v) is 1.99. The maximum atomic E-state index is 5.49. The first-order valence-corrected chi connectivity index (χ1v) is 5.13. The van der Waals surface area contributed by atoms with Gasteiger partial charge in [-0.2, -0.15) is 0 Å². The largest absolute Gasteiger partial charge is 0.354 e. The molecule has 1 aromatic heterocycles. The van der Waals surface area contributed by atoms with Crippen molar-refractivity contribution < 1.29 is 0 Å². The van der Waals surface area contributed by atoms with E-state index in [2.05, 4.69) is 34.3 Å². The first kappa shape index (κ1) is 11.9. The Morgan fingerprint density at radius 3 is 2.93 bits per heavy atom. The molecule has 0 radical (unpaired) electrons. The van der Waals surface area contributed by atoms with Gasteiger partial charge in [0.05, 0.1) is 5.69 Å². The minimum atomic E-state index is 0.453. The second-order valence-electron chi connectivity index (χ2n) is 3.66. The molecule has 0 aliphatic heterocycles. The van der Waals surface area contributed by atoms with Crippen molar-refractivity contribution in [1.82, 2.24) is 14.9 Å². The summed E-state index contributed by atoms with van der Waals surface area (Å²) in [6, 6.07) is 1.82. The van der Waals surface area contributed by atoms with Gasteiger partial charge in [0.25, 0.3) is 0 Å². The molecular weight excluding hydrogens is 190 g/mol. The van der Waals surface area contributed by atoms with Crippen LogP contribution in [0, 0.1) is 0 Å². The lowest BCUT2D eigenvalue weighted by Gasteiger charge is -2.09. The minimum Gasteiger partial charge on any atom is -0.354 e. The van der Waals surface area contributed by atoms with Gasteiger partial charge >= 0.3 is 0 Å². The molecule has 0 fully saturated rings. The second kappa shape index (κ2) is 6.31. The fourth-order valence-corrected chi connectivity index (χ4v) is 1.19. The molecule has 0 saturated heterocycles. The SMILES string of the molecule is CN(C)CCCNc1nccc(CN)n1. The molecule has 0 amide bonds. The lowest BCUT2D eigenvalue weighted by molar-refractivity contribution is 0.405. The van der Waals surface area contributed by atoms with Gasteiger partial charge in [-0.15, -0.1) is 0 Å². The van der Waals surface area contributed by atoms with Gasteiger partial charge in [0.1, 0.15) is 0 Å². The van der Waals surface area contributed by atoms with Crippen molar-refractivity contribution in [3.63, 3.8) is 0 Å². The maximum absolute atomic E-state index is 5.49. The number of anilines is 1. The van der Waals surface area contributed by atoms with Crippen LogP contribution < -0.4 is 11.1 Å². The van der Waals surface area contributed by atoms with E-state index in [9.17, 15) is 0 Å². The van der Waals surface area contributed by atoms with E-state index in [1.807, 2.05) is 6.07 Å². The predicted octanol–water partition coefficient (Wildman–Crippen LogP) is 0.299. The highest BCUT2D eigenvalue weighted by Crippen LogP contribution is 1.99. The van der Waals surface area contributed by atoms with E-state index >= 15 is 0 Å². The first-order valence-electron chi connectivity index (χ1n) is 5.13. The Morgan fingerprint density at radius 1 is 1.47 bits per heavy atom. The van der Waals surface area contributed by atoms with E-state index in [1.54, 1.807) is 6.20 Å². The van der Waals surface area contributed by atoms with Crippen molar-refractivity contribution in [2.45, 2.75) is 13.0 Å². The van der Waals surface area contributed by atoms with Crippen LogP contribution in [0.1, 0.15) is 12.1 Å². The summed E-state index contributed by atoms with van der Waals surface area (Å²) in [6.07, 6.45) is 2.80. The second-order valence-corrected chi connectivity index (χ2v) is 3.66. The van der Waals surface area contributed by atoms with Crippen molar-refractivity contribution in [2.75, 3.05) is 32.5 Å². The van der Waals surface area contributed by atoms with E-state index in [0.29, 0.717) is 12.5 Å². The first-order chi connectivity index (χ1) is 7.22. The highest BCUT2D eigenvalue weighted by atomic mass is 15.1. The van der Waals surface area contributed by atoms with Crippen LogP contribution in [-0.4, -0.2) is 42.1 Å². The molecule has 5 heteroatoms. The molecule has 0 aromatic carbocycles. The quantitative estimate of drug-likeness (QED) is 0.660. The summed E-state index contributed by atoms with van der Waals surface area (Å²) in [4.78, 5) is 10.5. The predicted molar refractivity (Wildman–Crippen MR) is 61.6 cm³/mol. The van der Waals surface area contributed by atoms with Crippen molar-refractivity contribution >= 4 is 5.95 Å². The number of rotatable bonds is 6. The molecule has 0 aliphatic carbocycles. The van der Waals surface area contributed by atoms with Gasteiger partial charge < -0.3 is 16.0 Å². The van der Waals surface area contributed by atoms with Gasteiger partial charge in [-0.05, 0) is 33.1 Å². The number of hydrogen-bond acceptors (Lipinski definition) is 5. The molecule has 1 aromatic rings. The highest BCUT2D eigenvalue weighted by molar-refractivity contribution is 5.24. The summed E-state index contributed by atoms with van der Waals surface area (Å²) in [6.45, 7) is 2.39. The van der Waals surface area contributed by atoms with E-state index < -0.39 is 0 Å². The summed E-state index contributed by atoms with van der Waals surface area (Å²) in [5.74, 6) is 0.664. The maximum Gasteiger partial charge on any atom is 0.222 e. The van der Waals surface area contributed by atoms with Gasteiger partial charge in [-0.1, -0.05) is 0 Å². The average Bonchev–Trinajstić information content (AvgIpc) is 2.24. The molecule has 84 valence electrons. The molecule has 0 unspecified atom stereocenters. The van der Waals surface area contributed by atoms with Crippen LogP contribution in [0.3, 0.4) is 0 Å². The summed E-state index contributed by atoms with van der Waals surface area (Å²) in [7, 11) is 4.12. The van der Waals surface area contributed by atoms with E-state index in [1.165, 1.54) is 0 Å². The van der Waals surface area contributed by atoms with Crippen LogP contribution in [0.25, 0.3) is 0 Å². The zero-order chi connectivity index (χ0) is 11.1. The Kier molecular flexibility index (Phi) is 5.00. The molecule has 0 atom stereocenters. The van der Waals surface area contributed by atoms with Crippen LogP contribution >= 0.6 is 0 Å². The third-order valence-electron chi connectivity index (χ3n) is 1.99. The smallest absolute Gasteiger partial charge is 0.222 e. The molecule has 1 rings (SSSR count). The number of nitrogens with zero attached hydrogens (tertiary/aromatic N) is 3. The molecule has 0 bridgehead atoms.